The minimum absolute atomic E-state index is 0.00783. The molecule has 0 radical (unpaired) electrons. The third kappa shape index (κ3) is 5.39. The maximum Gasteiger partial charge on any atom is 0.230 e. The summed E-state index contributed by atoms with van der Waals surface area (Å²) in [7, 11) is 0. The normalized spacial score (nSPS) is 12.1. The van der Waals surface area contributed by atoms with Crippen LogP contribution in [0.4, 0.5) is 0 Å². The molecule has 0 fully saturated rings. The molecule has 148 valence electrons. The van der Waals surface area contributed by atoms with Gasteiger partial charge in [0.15, 0.2) is 11.0 Å². The molecule has 0 unspecified atom stereocenters. The molecule has 28 heavy (non-hydrogen) atoms. The van der Waals surface area contributed by atoms with Crippen LogP contribution in [0, 0.1) is 0 Å². The number of benzene rings is 1. The number of nitrogens with zero attached hydrogens (tertiary/aromatic N) is 3. The highest BCUT2D eigenvalue weighted by molar-refractivity contribution is 7.99. The molecule has 0 bridgehead atoms. The fraction of sp³-hybridized carbons (Fsp3) is 0.350. The van der Waals surface area contributed by atoms with E-state index in [1.54, 1.807) is 6.26 Å². The van der Waals surface area contributed by atoms with Crippen LogP contribution in [0.1, 0.15) is 32.4 Å². The summed E-state index contributed by atoms with van der Waals surface area (Å²) in [4.78, 5) is 12.2. The van der Waals surface area contributed by atoms with Crippen LogP contribution in [0.5, 0.6) is 0 Å². The summed E-state index contributed by atoms with van der Waals surface area (Å²) < 4.78 is 7.44. The second-order valence-electron chi connectivity index (χ2n) is 6.52. The van der Waals surface area contributed by atoms with Crippen molar-refractivity contribution in [2.24, 2.45) is 0 Å². The summed E-state index contributed by atoms with van der Waals surface area (Å²) in [6.45, 7) is 4.60. The van der Waals surface area contributed by atoms with E-state index in [9.17, 15) is 4.79 Å². The zero-order valence-electron chi connectivity index (χ0n) is 15.9. The Balaban J connectivity index is 1.78. The third-order valence-electron chi connectivity index (χ3n) is 4.17. The molecule has 0 aliphatic rings. The highest BCUT2D eigenvalue weighted by Crippen LogP contribution is 2.26. The van der Waals surface area contributed by atoms with Crippen LogP contribution in [-0.4, -0.2) is 32.5 Å². The Kier molecular flexibility index (Phi) is 7.17. The van der Waals surface area contributed by atoms with Crippen LogP contribution in [0.3, 0.4) is 0 Å². The van der Waals surface area contributed by atoms with Crippen LogP contribution in [-0.2, 0) is 11.3 Å². The van der Waals surface area contributed by atoms with Crippen molar-refractivity contribution >= 4 is 29.3 Å². The summed E-state index contributed by atoms with van der Waals surface area (Å²) in [6, 6.07) is 11.4. The first-order valence-electron chi connectivity index (χ1n) is 9.20. The van der Waals surface area contributed by atoms with Gasteiger partial charge in [-0.1, -0.05) is 36.7 Å². The van der Waals surface area contributed by atoms with Crippen molar-refractivity contribution in [3.05, 3.63) is 53.4 Å². The Morgan fingerprint density at radius 1 is 1.29 bits per heavy atom. The van der Waals surface area contributed by atoms with E-state index in [0.29, 0.717) is 22.5 Å². The molecule has 0 spiro atoms. The number of halogens is 1. The number of hydrogen-bond donors (Lipinski definition) is 1. The van der Waals surface area contributed by atoms with Crippen molar-refractivity contribution in [2.45, 2.75) is 44.4 Å². The van der Waals surface area contributed by atoms with Gasteiger partial charge in [0.1, 0.15) is 5.76 Å². The minimum Gasteiger partial charge on any atom is -0.467 e. The Morgan fingerprint density at radius 3 is 2.75 bits per heavy atom. The van der Waals surface area contributed by atoms with Gasteiger partial charge in [-0.2, -0.15) is 0 Å². The first-order chi connectivity index (χ1) is 13.6. The second-order valence-corrected chi connectivity index (χ2v) is 7.90. The fourth-order valence-electron chi connectivity index (χ4n) is 2.86. The van der Waals surface area contributed by atoms with Crippen LogP contribution >= 0.6 is 23.4 Å². The molecule has 3 aromatic rings. The van der Waals surface area contributed by atoms with Gasteiger partial charge in [-0.25, -0.2) is 0 Å². The number of furan rings is 1. The van der Waals surface area contributed by atoms with Gasteiger partial charge in [-0.3, -0.25) is 9.36 Å². The Morgan fingerprint density at radius 2 is 2.07 bits per heavy atom. The molecule has 0 saturated carbocycles. The van der Waals surface area contributed by atoms with Crippen molar-refractivity contribution in [3.63, 3.8) is 0 Å². The van der Waals surface area contributed by atoms with Gasteiger partial charge in [-0.15, -0.1) is 10.2 Å². The average Bonchev–Trinajstić information content (AvgIpc) is 3.31. The standard InChI is InChI=1S/C20H23ClN4O2S/c1-3-5-14(2)22-18(26)13-28-20-24-23-19(15-7-9-16(21)10-8-15)25(20)12-17-6-4-11-27-17/h4,6-11,14H,3,5,12-13H2,1-2H3,(H,22,26)/t14-/m1/s1. The van der Waals surface area contributed by atoms with Crippen molar-refractivity contribution in [1.82, 2.24) is 20.1 Å². The largest absolute Gasteiger partial charge is 0.467 e. The molecule has 1 amide bonds. The predicted molar refractivity (Wildman–Crippen MR) is 112 cm³/mol. The fourth-order valence-corrected chi connectivity index (χ4v) is 3.74. The molecule has 1 aromatic carbocycles. The maximum absolute atomic E-state index is 12.2. The number of carbonyl (C=O) groups is 1. The van der Waals surface area contributed by atoms with Gasteiger partial charge in [-0.05, 0) is 49.7 Å². The molecule has 2 aromatic heterocycles. The van der Waals surface area contributed by atoms with Gasteiger partial charge in [0, 0.05) is 16.6 Å². The number of aromatic nitrogens is 3. The molecular weight excluding hydrogens is 396 g/mol. The predicted octanol–water partition coefficient (Wildman–Crippen LogP) is 4.64. The van der Waals surface area contributed by atoms with Crippen molar-refractivity contribution in [3.8, 4) is 11.4 Å². The number of hydrogen-bond acceptors (Lipinski definition) is 5. The Labute approximate surface area is 173 Å². The number of nitrogens with one attached hydrogen (secondary N) is 1. The molecule has 0 saturated heterocycles. The van der Waals surface area contributed by atoms with Gasteiger partial charge >= 0.3 is 0 Å². The second kappa shape index (κ2) is 9.80. The SMILES string of the molecule is CCC[C@@H](C)NC(=O)CSc1nnc(-c2ccc(Cl)cc2)n1Cc1ccco1. The van der Waals surface area contributed by atoms with Gasteiger partial charge < -0.3 is 9.73 Å². The van der Waals surface area contributed by atoms with Crippen molar-refractivity contribution in [1.29, 1.82) is 0 Å². The zero-order chi connectivity index (χ0) is 19.9. The van der Waals surface area contributed by atoms with Crippen LogP contribution in [0.15, 0.2) is 52.2 Å². The number of rotatable bonds is 9. The number of carbonyl (C=O) groups excluding carboxylic acids is 1. The van der Waals surface area contributed by atoms with Crippen LogP contribution in [0.2, 0.25) is 5.02 Å². The summed E-state index contributed by atoms with van der Waals surface area (Å²) in [5.74, 6) is 1.77. The summed E-state index contributed by atoms with van der Waals surface area (Å²) in [6.07, 6.45) is 3.64. The molecule has 2 heterocycles. The van der Waals surface area contributed by atoms with E-state index in [-0.39, 0.29) is 17.7 Å². The number of amides is 1. The quantitative estimate of drug-likeness (QED) is 0.512. The lowest BCUT2D eigenvalue weighted by atomic mass is 10.2. The van der Waals surface area contributed by atoms with E-state index in [4.69, 9.17) is 16.0 Å². The molecule has 0 aliphatic heterocycles. The zero-order valence-corrected chi connectivity index (χ0v) is 17.5. The van der Waals surface area contributed by atoms with E-state index >= 15 is 0 Å². The van der Waals surface area contributed by atoms with Gasteiger partial charge in [0.05, 0.1) is 18.6 Å². The maximum atomic E-state index is 12.2. The first kappa shape index (κ1) is 20.5. The Hall–Kier alpha value is -2.25. The lowest BCUT2D eigenvalue weighted by Gasteiger charge is -2.13. The van der Waals surface area contributed by atoms with E-state index in [2.05, 4.69) is 22.4 Å². The highest BCUT2D eigenvalue weighted by atomic mass is 35.5. The van der Waals surface area contributed by atoms with Crippen molar-refractivity contribution in [2.75, 3.05) is 5.75 Å². The lowest BCUT2D eigenvalue weighted by Crippen LogP contribution is -2.33. The van der Waals surface area contributed by atoms with E-state index in [0.717, 1.165) is 24.2 Å². The molecule has 1 atom stereocenters. The summed E-state index contributed by atoms with van der Waals surface area (Å²) >= 11 is 7.37. The van der Waals surface area contributed by atoms with Crippen LogP contribution in [0.25, 0.3) is 11.4 Å². The van der Waals surface area contributed by atoms with E-state index in [1.165, 1.54) is 11.8 Å². The number of thioether (sulfide) groups is 1. The molecule has 0 aliphatic carbocycles. The average molecular weight is 419 g/mol. The smallest absolute Gasteiger partial charge is 0.230 e. The van der Waals surface area contributed by atoms with E-state index < -0.39 is 0 Å². The van der Waals surface area contributed by atoms with Crippen LogP contribution < -0.4 is 5.32 Å². The minimum atomic E-state index is -0.00783. The molecule has 6 nitrogen and oxygen atoms in total. The lowest BCUT2D eigenvalue weighted by molar-refractivity contribution is -0.119. The highest BCUT2D eigenvalue weighted by Gasteiger charge is 2.17. The molecule has 1 N–H and O–H groups in total. The monoisotopic (exact) mass is 418 g/mol. The van der Waals surface area contributed by atoms with E-state index in [1.807, 2.05) is 47.9 Å². The Bertz CT molecular complexity index is 894. The topological polar surface area (TPSA) is 73.0 Å². The molecule has 3 rings (SSSR count). The first-order valence-corrected chi connectivity index (χ1v) is 10.6. The molecule has 8 heteroatoms. The molecular formula is C20H23ClN4O2S. The van der Waals surface area contributed by atoms with Crippen molar-refractivity contribution < 1.29 is 9.21 Å². The van der Waals surface area contributed by atoms with Gasteiger partial charge in [0.25, 0.3) is 0 Å². The summed E-state index contributed by atoms with van der Waals surface area (Å²) in [5.41, 5.74) is 0.899. The summed E-state index contributed by atoms with van der Waals surface area (Å²) in [5, 5.41) is 13.0. The third-order valence-corrected chi connectivity index (χ3v) is 5.39. The van der Waals surface area contributed by atoms with Gasteiger partial charge in [0.2, 0.25) is 5.91 Å².